The van der Waals surface area contributed by atoms with Crippen molar-refractivity contribution < 1.29 is 9.66 Å². The highest BCUT2D eigenvalue weighted by Crippen LogP contribution is 1.97. The molecular formula is C5H9N3O3. The summed E-state index contributed by atoms with van der Waals surface area (Å²) in [7, 11) is 0. The van der Waals surface area contributed by atoms with Crippen LogP contribution in [-0.4, -0.2) is 17.7 Å². The predicted molar refractivity (Wildman–Crippen MR) is 38.6 cm³/mol. The zero-order chi connectivity index (χ0) is 8.85. The van der Waals surface area contributed by atoms with Crippen LogP contribution < -0.4 is 5.73 Å². The van der Waals surface area contributed by atoms with Gasteiger partial charge in [-0.25, -0.2) is 0 Å². The van der Waals surface area contributed by atoms with Crippen molar-refractivity contribution >= 4 is 6.21 Å². The molecule has 0 atom stereocenters. The second-order valence-electron chi connectivity index (χ2n) is 1.58. The third kappa shape index (κ3) is 2.65. The molecule has 0 fully saturated rings. The van der Waals surface area contributed by atoms with Crippen LogP contribution in [0.5, 0.6) is 0 Å². The highest BCUT2D eigenvalue weighted by atomic mass is 16.6. The molecule has 0 aromatic heterocycles. The lowest BCUT2D eigenvalue weighted by Crippen LogP contribution is -2.13. The van der Waals surface area contributed by atoms with Crippen molar-refractivity contribution in [3.05, 3.63) is 21.7 Å². The van der Waals surface area contributed by atoms with Gasteiger partial charge in [0, 0.05) is 0 Å². The standard InChI is InChI=1S/C5H9N3O3/c1-2-11-5(7)4(3-6)8(9)10/h3,6H,2,7H2,1H3. The minimum absolute atomic E-state index is 0.247. The number of nitrogens with zero attached hydrogens (tertiary/aromatic N) is 1. The monoisotopic (exact) mass is 159 g/mol. The second kappa shape index (κ2) is 4.26. The van der Waals surface area contributed by atoms with Gasteiger partial charge in [-0.15, -0.1) is 0 Å². The van der Waals surface area contributed by atoms with Crippen molar-refractivity contribution in [1.29, 1.82) is 5.41 Å². The predicted octanol–water partition coefficient (Wildman–Crippen LogP) is 0.0770. The van der Waals surface area contributed by atoms with Gasteiger partial charge < -0.3 is 15.9 Å². The summed E-state index contributed by atoms with van der Waals surface area (Å²) in [5.41, 5.74) is 4.58. The van der Waals surface area contributed by atoms with Crippen molar-refractivity contribution in [3.8, 4) is 0 Å². The number of nitro groups is 1. The average molecular weight is 159 g/mol. The third-order valence-corrected chi connectivity index (χ3v) is 0.886. The minimum Gasteiger partial charge on any atom is -0.475 e. The summed E-state index contributed by atoms with van der Waals surface area (Å²) in [5, 5.41) is 16.7. The lowest BCUT2D eigenvalue weighted by atomic mass is 10.5. The van der Waals surface area contributed by atoms with Gasteiger partial charge in [0.1, 0.15) is 6.21 Å². The van der Waals surface area contributed by atoms with Crippen molar-refractivity contribution in [1.82, 2.24) is 0 Å². The molecule has 0 bridgehead atoms. The molecule has 0 radical (unpaired) electrons. The van der Waals surface area contributed by atoms with Gasteiger partial charge in [0.2, 0.25) is 0 Å². The molecule has 0 saturated carbocycles. The van der Waals surface area contributed by atoms with E-state index in [4.69, 9.17) is 11.1 Å². The third-order valence-electron chi connectivity index (χ3n) is 0.886. The Morgan fingerprint density at radius 3 is 2.73 bits per heavy atom. The van der Waals surface area contributed by atoms with Gasteiger partial charge in [0.15, 0.2) is 0 Å². The maximum absolute atomic E-state index is 10.1. The van der Waals surface area contributed by atoms with Crippen LogP contribution in [0.1, 0.15) is 6.92 Å². The molecule has 0 unspecified atom stereocenters. The SMILES string of the molecule is CCOC(N)=C(C=N)[N+](=O)[O-]. The Hall–Kier alpha value is -1.59. The molecule has 11 heavy (non-hydrogen) atoms. The number of allylic oxidation sites excluding steroid dienone is 1. The molecule has 0 spiro atoms. The van der Waals surface area contributed by atoms with Gasteiger partial charge in [-0.1, -0.05) is 0 Å². The topological polar surface area (TPSA) is 102 Å². The van der Waals surface area contributed by atoms with E-state index >= 15 is 0 Å². The van der Waals surface area contributed by atoms with E-state index in [1.165, 1.54) is 0 Å². The van der Waals surface area contributed by atoms with E-state index in [-0.39, 0.29) is 12.5 Å². The molecule has 0 amide bonds. The maximum Gasteiger partial charge on any atom is 0.345 e. The Labute approximate surface area is 63.3 Å². The second-order valence-corrected chi connectivity index (χ2v) is 1.58. The molecule has 0 rings (SSSR count). The van der Waals surface area contributed by atoms with Crippen molar-refractivity contribution in [2.75, 3.05) is 6.61 Å². The Bertz CT molecular complexity index is 199. The van der Waals surface area contributed by atoms with Crippen LogP contribution in [-0.2, 0) is 4.74 Å². The number of hydrogen-bond donors (Lipinski definition) is 2. The van der Waals surface area contributed by atoms with Gasteiger partial charge in [-0.2, -0.15) is 0 Å². The molecule has 3 N–H and O–H groups in total. The first-order valence-electron chi connectivity index (χ1n) is 2.90. The molecular weight excluding hydrogens is 150 g/mol. The summed E-state index contributed by atoms with van der Waals surface area (Å²) in [5.74, 6) is -0.326. The van der Waals surface area contributed by atoms with Crippen molar-refractivity contribution in [2.45, 2.75) is 6.92 Å². The van der Waals surface area contributed by atoms with Crippen LogP contribution in [0, 0.1) is 15.5 Å². The molecule has 6 heteroatoms. The highest BCUT2D eigenvalue weighted by Gasteiger charge is 2.13. The Morgan fingerprint density at radius 2 is 2.45 bits per heavy atom. The summed E-state index contributed by atoms with van der Waals surface area (Å²) >= 11 is 0. The van der Waals surface area contributed by atoms with Gasteiger partial charge in [0.05, 0.1) is 11.5 Å². The number of hydrogen-bond acceptors (Lipinski definition) is 5. The molecule has 0 aromatic carbocycles. The van der Waals surface area contributed by atoms with E-state index in [9.17, 15) is 10.1 Å². The first-order chi connectivity index (χ1) is 5.13. The summed E-state index contributed by atoms with van der Waals surface area (Å²) in [6.07, 6.45) is 0.547. The summed E-state index contributed by atoms with van der Waals surface area (Å²) in [4.78, 5) is 9.32. The van der Waals surface area contributed by atoms with E-state index in [1.807, 2.05) is 0 Å². The Morgan fingerprint density at radius 1 is 1.91 bits per heavy atom. The summed E-state index contributed by atoms with van der Waals surface area (Å²) in [6.45, 7) is 1.89. The molecule has 0 aliphatic rings. The largest absolute Gasteiger partial charge is 0.475 e. The van der Waals surface area contributed by atoms with Crippen LogP contribution in [0.4, 0.5) is 0 Å². The van der Waals surface area contributed by atoms with Crippen LogP contribution in [0.15, 0.2) is 11.6 Å². The van der Waals surface area contributed by atoms with Crippen molar-refractivity contribution in [3.63, 3.8) is 0 Å². The number of nitrogens with one attached hydrogen (secondary N) is 1. The quantitative estimate of drug-likeness (QED) is 0.262. The maximum atomic E-state index is 10.1. The minimum atomic E-state index is -0.766. The molecule has 0 aliphatic carbocycles. The fourth-order valence-corrected chi connectivity index (χ4v) is 0.443. The fraction of sp³-hybridized carbons (Fsp3) is 0.400. The molecule has 0 aliphatic heterocycles. The van der Waals surface area contributed by atoms with Crippen LogP contribution in [0.2, 0.25) is 0 Å². The summed E-state index contributed by atoms with van der Waals surface area (Å²) in [6, 6.07) is 0. The van der Waals surface area contributed by atoms with Gasteiger partial charge in [-0.05, 0) is 6.92 Å². The van der Waals surface area contributed by atoms with Crippen LogP contribution >= 0.6 is 0 Å². The normalized spacial score (nSPS) is 11.7. The van der Waals surface area contributed by atoms with E-state index in [2.05, 4.69) is 4.74 Å². The molecule has 0 aromatic rings. The molecule has 0 heterocycles. The van der Waals surface area contributed by atoms with Gasteiger partial charge in [0.25, 0.3) is 5.88 Å². The van der Waals surface area contributed by atoms with Crippen molar-refractivity contribution in [2.24, 2.45) is 5.73 Å². The lowest BCUT2D eigenvalue weighted by Gasteiger charge is -2.00. The molecule has 0 saturated heterocycles. The first-order valence-corrected chi connectivity index (χ1v) is 2.90. The first kappa shape index (κ1) is 9.41. The molecule has 6 nitrogen and oxygen atoms in total. The van der Waals surface area contributed by atoms with Gasteiger partial charge in [-0.3, -0.25) is 10.1 Å². The molecule has 62 valence electrons. The number of rotatable bonds is 4. The zero-order valence-electron chi connectivity index (χ0n) is 6.03. The van der Waals surface area contributed by atoms with E-state index in [0.717, 1.165) is 0 Å². The fourth-order valence-electron chi connectivity index (χ4n) is 0.443. The van der Waals surface area contributed by atoms with E-state index in [0.29, 0.717) is 6.21 Å². The van der Waals surface area contributed by atoms with E-state index < -0.39 is 10.6 Å². The number of nitrogens with two attached hydrogens (primary N) is 1. The van der Waals surface area contributed by atoms with Gasteiger partial charge >= 0.3 is 5.70 Å². The smallest absolute Gasteiger partial charge is 0.345 e. The highest BCUT2D eigenvalue weighted by molar-refractivity contribution is 5.72. The number of ether oxygens (including phenoxy) is 1. The lowest BCUT2D eigenvalue weighted by molar-refractivity contribution is -0.417. The van der Waals surface area contributed by atoms with Crippen LogP contribution in [0.25, 0.3) is 0 Å². The Balaban J connectivity index is 4.53. The van der Waals surface area contributed by atoms with E-state index in [1.54, 1.807) is 6.92 Å². The average Bonchev–Trinajstić information content (AvgIpc) is 1.88. The van der Waals surface area contributed by atoms with Crippen LogP contribution in [0.3, 0.4) is 0 Å². The zero-order valence-corrected chi connectivity index (χ0v) is 6.03. The Kier molecular flexibility index (Phi) is 3.65. The summed E-state index contributed by atoms with van der Waals surface area (Å²) < 4.78 is 4.62.